The number of amides is 1. The minimum absolute atomic E-state index is 0.152. The Balaban J connectivity index is 1.74. The maximum absolute atomic E-state index is 11.6. The SMILES string of the molecule is COc1cc(N=C2CN=CC(c3cccc4c(NC(C)=O)cccc34)N2O)cc(OC)c1OC. The number of anilines is 1. The number of benzene rings is 3. The number of amidine groups is 1. The summed E-state index contributed by atoms with van der Waals surface area (Å²) in [6, 6.07) is 14.2. The van der Waals surface area contributed by atoms with E-state index in [1.165, 1.54) is 28.3 Å². The number of aliphatic imine (C=N–C) groups is 2. The molecule has 34 heavy (non-hydrogen) atoms. The Morgan fingerprint density at radius 1 is 1.06 bits per heavy atom. The predicted molar refractivity (Wildman–Crippen MR) is 131 cm³/mol. The molecule has 0 aromatic heterocycles. The Hall–Kier alpha value is -4.11. The van der Waals surface area contributed by atoms with Crippen LogP contribution in [0.15, 0.2) is 58.5 Å². The molecule has 0 spiro atoms. The van der Waals surface area contributed by atoms with Crippen molar-refractivity contribution in [3.05, 3.63) is 54.1 Å². The first-order chi connectivity index (χ1) is 16.5. The van der Waals surface area contributed by atoms with Crippen molar-refractivity contribution in [3.8, 4) is 17.2 Å². The van der Waals surface area contributed by atoms with Gasteiger partial charge < -0.3 is 19.5 Å². The van der Waals surface area contributed by atoms with E-state index in [-0.39, 0.29) is 12.5 Å². The number of rotatable bonds is 6. The van der Waals surface area contributed by atoms with Gasteiger partial charge in [-0.2, -0.15) is 0 Å². The molecule has 1 amide bonds. The van der Waals surface area contributed by atoms with Crippen LogP contribution < -0.4 is 19.5 Å². The highest BCUT2D eigenvalue weighted by Gasteiger charge is 2.26. The molecule has 9 heteroatoms. The van der Waals surface area contributed by atoms with Crippen LogP contribution in [-0.2, 0) is 4.79 Å². The maximum Gasteiger partial charge on any atom is 0.221 e. The second-order valence-corrected chi connectivity index (χ2v) is 7.62. The molecule has 0 bridgehead atoms. The number of carbonyl (C=O) groups excluding carboxylic acids is 1. The number of hydroxylamine groups is 2. The molecule has 1 unspecified atom stereocenters. The minimum Gasteiger partial charge on any atom is -0.493 e. The molecule has 1 aliphatic rings. The fourth-order valence-corrected chi connectivity index (χ4v) is 4.00. The molecule has 0 fully saturated rings. The lowest BCUT2D eigenvalue weighted by molar-refractivity contribution is -0.114. The van der Waals surface area contributed by atoms with Crippen molar-refractivity contribution in [3.63, 3.8) is 0 Å². The Morgan fingerprint density at radius 2 is 1.74 bits per heavy atom. The van der Waals surface area contributed by atoms with Gasteiger partial charge in [-0.1, -0.05) is 30.3 Å². The van der Waals surface area contributed by atoms with E-state index in [0.29, 0.717) is 34.5 Å². The fraction of sp³-hybridized carbons (Fsp3) is 0.240. The van der Waals surface area contributed by atoms with Crippen molar-refractivity contribution >= 4 is 40.1 Å². The predicted octanol–water partition coefficient (Wildman–Crippen LogP) is 4.37. The molecule has 0 saturated heterocycles. The molecule has 1 heterocycles. The summed E-state index contributed by atoms with van der Waals surface area (Å²) < 4.78 is 16.2. The zero-order valence-electron chi connectivity index (χ0n) is 19.4. The van der Waals surface area contributed by atoms with Gasteiger partial charge in [0.2, 0.25) is 11.7 Å². The molecule has 4 rings (SSSR count). The van der Waals surface area contributed by atoms with Crippen molar-refractivity contribution in [1.82, 2.24) is 5.06 Å². The van der Waals surface area contributed by atoms with Crippen LogP contribution >= 0.6 is 0 Å². The third kappa shape index (κ3) is 4.38. The normalized spacial score (nSPS) is 16.6. The number of ether oxygens (including phenoxy) is 3. The lowest BCUT2D eigenvalue weighted by atomic mass is 9.97. The van der Waals surface area contributed by atoms with Gasteiger partial charge in [-0.15, -0.1) is 0 Å². The van der Waals surface area contributed by atoms with Crippen LogP contribution in [0, 0.1) is 0 Å². The number of nitrogens with zero attached hydrogens (tertiary/aromatic N) is 3. The molecule has 9 nitrogen and oxygen atoms in total. The number of nitrogens with one attached hydrogen (secondary N) is 1. The summed E-state index contributed by atoms with van der Waals surface area (Å²) in [6.45, 7) is 1.67. The molecule has 0 radical (unpaired) electrons. The number of methoxy groups -OCH3 is 3. The number of hydrogen-bond acceptors (Lipinski definition) is 7. The van der Waals surface area contributed by atoms with Crippen LogP contribution in [0.2, 0.25) is 0 Å². The van der Waals surface area contributed by atoms with Crippen molar-refractivity contribution in [2.75, 3.05) is 33.2 Å². The zero-order chi connectivity index (χ0) is 24.2. The first-order valence-electron chi connectivity index (χ1n) is 10.6. The lowest BCUT2D eigenvalue weighted by Crippen LogP contribution is -2.37. The molecule has 0 aliphatic carbocycles. The second-order valence-electron chi connectivity index (χ2n) is 7.62. The van der Waals surface area contributed by atoms with Gasteiger partial charge in [0, 0.05) is 36.3 Å². The van der Waals surface area contributed by atoms with Gasteiger partial charge >= 0.3 is 0 Å². The van der Waals surface area contributed by atoms with E-state index in [2.05, 4.69) is 15.3 Å². The Morgan fingerprint density at radius 3 is 2.38 bits per heavy atom. The summed E-state index contributed by atoms with van der Waals surface area (Å²) in [6.07, 6.45) is 1.69. The molecular formula is C25H26N4O5. The highest BCUT2D eigenvalue weighted by atomic mass is 16.5. The number of fused-ring (bicyclic) bond motifs is 1. The van der Waals surface area contributed by atoms with Crippen LogP contribution in [0.1, 0.15) is 18.5 Å². The van der Waals surface area contributed by atoms with Crippen LogP contribution in [0.25, 0.3) is 10.8 Å². The molecule has 0 saturated carbocycles. The molecule has 3 aromatic carbocycles. The summed E-state index contributed by atoms with van der Waals surface area (Å²) in [5.74, 6) is 1.58. The summed E-state index contributed by atoms with van der Waals surface area (Å²) in [7, 11) is 4.59. The average Bonchev–Trinajstić information content (AvgIpc) is 2.84. The Bertz CT molecular complexity index is 1260. The first-order valence-corrected chi connectivity index (χ1v) is 10.6. The fourth-order valence-electron chi connectivity index (χ4n) is 4.00. The average molecular weight is 463 g/mol. The largest absolute Gasteiger partial charge is 0.493 e. The standard InChI is InChI=1S/C25H26N4O5/c1-15(30)27-20-10-6-7-17-18(20)8-5-9-19(17)21-13-26-14-24(29(21)31)28-16-11-22(32-2)25(34-4)23(12-16)33-3/h5-13,21,31H,14H2,1-4H3,(H,27,30). The van der Waals surface area contributed by atoms with Gasteiger partial charge in [-0.25, -0.2) is 10.1 Å². The number of carbonyl (C=O) groups is 1. The lowest BCUT2D eigenvalue weighted by Gasteiger charge is -2.29. The monoisotopic (exact) mass is 462 g/mol. The van der Waals surface area contributed by atoms with Gasteiger partial charge in [0.05, 0.1) is 33.6 Å². The van der Waals surface area contributed by atoms with Crippen LogP contribution in [0.4, 0.5) is 11.4 Å². The molecule has 2 N–H and O–H groups in total. The van der Waals surface area contributed by atoms with E-state index >= 15 is 0 Å². The van der Waals surface area contributed by atoms with E-state index in [9.17, 15) is 10.0 Å². The minimum atomic E-state index is -0.564. The van der Waals surface area contributed by atoms with E-state index in [0.717, 1.165) is 21.4 Å². The van der Waals surface area contributed by atoms with Gasteiger partial charge in [-0.3, -0.25) is 15.0 Å². The van der Waals surface area contributed by atoms with Crippen LogP contribution in [0.5, 0.6) is 17.2 Å². The van der Waals surface area contributed by atoms with Gasteiger partial charge in [0.25, 0.3) is 0 Å². The highest BCUT2D eigenvalue weighted by molar-refractivity contribution is 6.04. The Labute approximate surface area is 197 Å². The third-order valence-corrected chi connectivity index (χ3v) is 5.50. The van der Waals surface area contributed by atoms with Crippen molar-refractivity contribution in [2.24, 2.45) is 9.98 Å². The maximum atomic E-state index is 11.6. The summed E-state index contributed by atoms with van der Waals surface area (Å²) in [5.41, 5.74) is 2.05. The Kier molecular flexibility index (Phi) is 6.65. The molecular weight excluding hydrogens is 436 g/mol. The van der Waals surface area contributed by atoms with E-state index < -0.39 is 6.04 Å². The van der Waals surface area contributed by atoms with Crippen LogP contribution in [0.3, 0.4) is 0 Å². The third-order valence-electron chi connectivity index (χ3n) is 5.50. The van der Waals surface area contributed by atoms with Gasteiger partial charge in [0.1, 0.15) is 6.04 Å². The molecule has 3 aromatic rings. The smallest absolute Gasteiger partial charge is 0.221 e. The first kappa shape index (κ1) is 23.1. The zero-order valence-corrected chi connectivity index (χ0v) is 19.4. The highest BCUT2D eigenvalue weighted by Crippen LogP contribution is 2.41. The molecule has 1 atom stereocenters. The van der Waals surface area contributed by atoms with Crippen LogP contribution in [-0.4, -0.2) is 56.1 Å². The summed E-state index contributed by atoms with van der Waals surface area (Å²) in [5, 5.41) is 16.8. The van der Waals surface area contributed by atoms with E-state index in [4.69, 9.17) is 14.2 Å². The van der Waals surface area contributed by atoms with E-state index in [1.54, 1.807) is 18.3 Å². The van der Waals surface area contributed by atoms with Crippen molar-refractivity contribution in [2.45, 2.75) is 13.0 Å². The van der Waals surface area contributed by atoms with Crippen molar-refractivity contribution in [1.29, 1.82) is 0 Å². The summed E-state index contributed by atoms with van der Waals surface area (Å²) in [4.78, 5) is 20.7. The quantitative estimate of drug-likeness (QED) is 0.564. The molecule has 176 valence electrons. The van der Waals surface area contributed by atoms with Gasteiger partial charge in [0.15, 0.2) is 17.3 Å². The van der Waals surface area contributed by atoms with E-state index in [1.807, 2.05) is 36.4 Å². The summed E-state index contributed by atoms with van der Waals surface area (Å²) >= 11 is 0. The van der Waals surface area contributed by atoms with Gasteiger partial charge in [-0.05, 0) is 17.0 Å². The van der Waals surface area contributed by atoms with Crippen molar-refractivity contribution < 1.29 is 24.2 Å². The number of hydrogen-bond donors (Lipinski definition) is 2. The molecule has 1 aliphatic heterocycles. The topological polar surface area (TPSA) is 105 Å². The second kappa shape index (κ2) is 9.80.